The molecule has 2 N–H and O–H groups in total. The first kappa shape index (κ1) is 17.0. The molecule has 1 aliphatic rings. The standard InChI is InChI=1S/C18H28N2O2/c1-5-15-8-7-9-16(6-2)18(15)19-17(21)12-20-10-13(3)22-14(4)11-20/h7-9,13-14H,5-6,10-12H2,1-4H3,(H,19,21)/p+1/t13-,14-/m1/s1. The van der Waals surface area contributed by atoms with E-state index < -0.39 is 0 Å². The number of aryl methyl sites for hydroxylation is 2. The van der Waals surface area contributed by atoms with E-state index in [4.69, 9.17) is 4.74 Å². The molecule has 2 atom stereocenters. The van der Waals surface area contributed by atoms with Crippen molar-refractivity contribution in [1.82, 2.24) is 0 Å². The average Bonchev–Trinajstić information content (AvgIpc) is 2.46. The van der Waals surface area contributed by atoms with Crippen molar-refractivity contribution in [1.29, 1.82) is 0 Å². The Balaban J connectivity index is 2.03. The van der Waals surface area contributed by atoms with E-state index in [1.165, 1.54) is 16.0 Å². The summed E-state index contributed by atoms with van der Waals surface area (Å²) in [6.07, 6.45) is 2.31. The lowest BCUT2D eigenvalue weighted by atomic mass is 10.0. The lowest BCUT2D eigenvalue weighted by molar-refractivity contribution is -0.907. The summed E-state index contributed by atoms with van der Waals surface area (Å²) in [6.45, 7) is 10.7. The number of ether oxygens (including phenoxy) is 1. The van der Waals surface area contributed by atoms with Crippen molar-refractivity contribution in [3.8, 4) is 0 Å². The number of anilines is 1. The van der Waals surface area contributed by atoms with E-state index in [1.807, 2.05) is 0 Å². The van der Waals surface area contributed by atoms with Gasteiger partial charge >= 0.3 is 0 Å². The van der Waals surface area contributed by atoms with Crippen LogP contribution in [0.4, 0.5) is 5.69 Å². The van der Waals surface area contributed by atoms with Crippen LogP contribution in [-0.4, -0.2) is 37.7 Å². The van der Waals surface area contributed by atoms with Gasteiger partial charge in [0.25, 0.3) is 5.91 Å². The van der Waals surface area contributed by atoms with Crippen LogP contribution in [0.5, 0.6) is 0 Å². The molecule has 4 heteroatoms. The first-order valence-electron chi connectivity index (χ1n) is 8.43. The van der Waals surface area contributed by atoms with E-state index in [0.29, 0.717) is 6.54 Å². The van der Waals surface area contributed by atoms with Gasteiger partial charge in [0.05, 0.1) is 0 Å². The van der Waals surface area contributed by atoms with Crippen LogP contribution >= 0.6 is 0 Å². The van der Waals surface area contributed by atoms with Gasteiger partial charge in [0.2, 0.25) is 0 Å². The molecule has 1 aromatic carbocycles. The van der Waals surface area contributed by atoms with Crippen molar-refractivity contribution in [2.24, 2.45) is 0 Å². The van der Waals surface area contributed by atoms with Crippen LogP contribution in [0.3, 0.4) is 0 Å². The van der Waals surface area contributed by atoms with Crippen molar-refractivity contribution in [2.75, 3.05) is 25.0 Å². The Morgan fingerprint density at radius 1 is 1.18 bits per heavy atom. The number of amides is 1. The number of carbonyl (C=O) groups excluding carboxylic acids is 1. The number of carbonyl (C=O) groups is 1. The molecule has 0 aromatic heterocycles. The number of hydrogen-bond acceptors (Lipinski definition) is 2. The molecule has 22 heavy (non-hydrogen) atoms. The summed E-state index contributed by atoms with van der Waals surface area (Å²) in [6, 6.07) is 6.27. The fraction of sp³-hybridized carbons (Fsp3) is 0.611. The first-order valence-corrected chi connectivity index (χ1v) is 8.43. The van der Waals surface area contributed by atoms with Crippen molar-refractivity contribution in [3.63, 3.8) is 0 Å². The van der Waals surface area contributed by atoms with Crippen LogP contribution in [-0.2, 0) is 22.4 Å². The molecule has 0 unspecified atom stereocenters. The van der Waals surface area contributed by atoms with Gasteiger partial charge in [0.1, 0.15) is 25.3 Å². The molecule has 0 saturated carbocycles. The number of hydrogen-bond donors (Lipinski definition) is 2. The van der Waals surface area contributed by atoms with Crippen LogP contribution in [0.25, 0.3) is 0 Å². The fourth-order valence-corrected chi connectivity index (χ4v) is 3.35. The third-order valence-electron chi connectivity index (χ3n) is 4.29. The second-order valence-corrected chi connectivity index (χ2v) is 6.30. The number of benzene rings is 1. The molecule has 1 aliphatic heterocycles. The zero-order valence-corrected chi connectivity index (χ0v) is 14.2. The summed E-state index contributed by atoms with van der Waals surface area (Å²) in [5.74, 6) is 0.104. The fourth-order valence-electron chi connectivity index (χ4n) is 3.35. The molecular formula is C18H29N2O2+. The van der Waals surface area contributed by atoms with Gasteiger partial charge in [0, 0.05) is 5.69 Å². The SMILES string of the molecule is CCc1cccc(CC)c1NC(=O)C[NH+]1C[C@@H](C)O[C@H](C)C1. The maximum absolute atomic E-state index is 12.5. The smallest absolute Gasteiger partial charge is 0.279 e. The van der Waals surface area contributed by atoms with Crippen molar-refractivity contribution < 1.29 is 14.4 Å². The van der Waals surface area contributed by atoms with Gasteiger partial charge in [-0.15, -0.1) is 0 Å². The number of rotatable bonds is 5. The average molecular weight is 305 g/mol. The van der Waals surface area contributed by atoms with Gasteiger partial charge in [-0.1, -0.05) is 32.0 Å². The van der Waals surface area contributed by atoms with Crippen LogP contribution in [0, 0.1) is 0 Å². The molecular weight excluding hydrogens is 276 g/mol. The highest BCUT2D eigenvalue weighted by Crippen LogP contribution is 2.22. The molecule has 0 radical (unpaired) electrons. The highest BCUT2D eigenvalue weighted by molar-refractivity contribution is 5.93. The Kier molecular flexibility index (Phi) is 5.98. The Labute approximate surface area is 133 Å². The monoisotopic (exact) mass is 305 g/mol. The summed E-state index contributed by atoms with van der Waals surface area (Å²) in [7, 11) is 0. The lowest BCUT2D eigenvalue weighted by Gasteiger charge is -2.32. The van der Waals surface area contributed by atoms with Gasteiger partial charge in [0.15, 0.2) is 6.54 Å². The van der Waals surface area contributed by atoms with Gasteiger partial charge in [-0.2, -0.15) is 0 Å². The highest BCUT2D eigenvalue weighted by Gasteiger charge is 2.27. The maximum atomic E-state index is 12.5. The molecule has 0 spiro atoms. The molecule has 1 heterocycles. The second-order valence-electron chi connectivity index (χ2n) is 6.30. The second kappa shape index (κ2) is 7.75. The Hall–Kier alpha value is -1.39. The van der Waals surface area contributed by atoms with E-state index >= 15 is 0 Å². The van der Waals surface area contributed by atoms with E-state index in [2.05, 4.69) is 51.2 Å². The minimum Gasteiger partial charge on any atom is -0.364 e. The topological polar surface area (TPSA) is 42.8 Å². The summed E-state index contributed by atoms with van der Waals surface area (Å²) < 4.78 is 5.74. The van der Waals surface area contributed by atoms with Gasteiger partial charge in [-0.05, 0) is 37.8 Å². The van der Waals surface area contributed by atoms with E-state index in [-0.39, 0.29) is 18.1 Å². The van der Waals surface area contributed by atoms with Crippen molar-refractivity contribution in [2.45, 2.75) is 52.7 Å². The summed E-state index contributed by atoms with van der Waals surface area (Å²) in [5.41, 5.74) is 3.45. The number of nitrogens with one attached hydrogen (secondary N) is 2. The maximum Gasteiger partial charge on any atom is 0.279 e. The predicted molar refractivity (Wildman–Crippen MR) is 89.4 cm³/mol. The number of quaternary nitrogens is 1. The summed E-state index contributed by atoms with van der Waals surface area (Å²) >= 11 is 0. The van der Waals surface area contributed by atoms with Gasteiger partial charge in [-0.25, -0.2) is 0 Å². The van der Waals surface area contributed by atoms with E-state index in [1.54, 1.807) is 0 Å². The quantitative estimate of drug-likeness (QED) is 0.864. The number of para-hydroxylation sites is 1. The Morgan fingerprint density at radius 2 is 1.73 bits per heavy atom. The zero-order valence-electron chi connectivity index (χ0n) is 14.2. The first-order chi connectivity index (χ1) is 10.5. The molecule has 122 valence electrons. The molecule has 0 aliphatic carbocycles. The Morgan fingerprint density at radius 3 is 2.23 bits per heavy atom. The molecule has 1 amide bonds. The van der Waals surface area contributed by atoms with Gasteiger partial charge in [-0.3, -0.25) is 4.79 Å². The van der Waals surface area contributed by atoms with Crippen LogP contribution in [0.2, 0.25) is 0 Å². The van der Waals surface area contributed by atoms with Crippen LogP contribution < -0.4 is 10.2 Å². The Bertz CT molecular complexity index is 484. The highest BCUT2D eigenvalue weighted by atomic mass is 16.5. The molecule has 2 rings (SSSR count). The largest absolute Gasteiger partial charge is 0.364 e. The van der Waals surface area contributed by atoms with Crippen molar-refractivity contribution >= 4 is 11.6 Å². The third-order valence-corrected chi connectivity index (χ3v) is 4.29. The molecule has 1 saturated heterocycles. The zero-order chi connectivity index (χ0) is 16.1. The summed E-state index contributed by atoms with van der Waals surface area (Å²) in [5, 5.41) is 3.16. The molecule has 1 fully saturated rings. The minimum absolute atomic E-state index is 0.104. The van der Waals surface area contributed by atoms with Crippen molar-refractivity contribution in [3.05, 3.63) is 29.3 Å². The predicted octanol–water partition coefficient (Wildman–Crippen LogP) is 1.44. The van der Waals surface area contributed by atoms with E-state index in [9.17, 15) is 4.79 Å². The van der Waals surface area contributed by atoms with Gasteiger partial charge < -0.3 is 15.0 Å². The lowest BCUT2D eigenvalue weighted by Crippen LogP contribution is -3.16. The van der Waals surface area contributed by atoms with Crippen LogP contribution in [0.15, 0.2) is 18.2 Å². The van der Waals surface area contributed by atoms with Crippen LogP contribution in [0.1, 0.15) is 38.8 Å². The molecule has 4 nitrogen and oxygen atoms in total. The summed E-state index contributed by atoms with van der Waals surface area (Å²) in [4.78, 5) is 13.8. The molecule has 0 bridgehead atoms. The minimum atomic E-state index is 0.104. The normalized spacial score (nSPS) is 25.0. The third kappa shape index (κ3) is 4.31. The molecule has 1 aromatic rings. The van der Waals surface area contributed by atoms with E-state index in [0.717, 1.165) is 31.6 Å². The number of morpholine rings is 1.